The highest BCUT2D eigenvalue weighted by Crippen LogP contribution is 2.42. The van der Waals surface area contributed by atoms with Crippen LogP contribution in [0.3, 0.4) is 0 Å². The molecule has 0 heterocycles. The molecule has 1 aliphatic carbocycles. The molecule has 1 fully saturated rings. The number of rotatable bonds is 6. The molecule has 1 aliphatic rings. The van der Waals surface area contributed by atoms with Crippen LogP contribution in [-0.4, -0.2) is 32.2 Å². The maximum atomic E-state index is 13.8. The molecule has 2 aromatic carbocycles. The zero-order chi connectivity index (χ0) is 17.6. The van der Waals surface area contributed by atoms with E-state index in [0.717, 1.165) is 5.75 Å². The first-order valence-corrected chi connectivity index (χ1v) is 8.28. The van der Waals surface area contributed by atoms with Gasteiger partial charge in [0.2, 0.25) is 0 Å². The van der Waals surface area contributed by atoms with Crippen molar-refractivity contribution in [1.29, 1.82) is 0 Å². The van der Waals surface area contributed by atoms with Crippen LogP contribution in [0.2, 0.25) is 0 Å². The van der Waals surface area contributed by atoms with Gasteiger partial charge in [-0.2, -0.15) is 0 Å². The number of nitrogens with zero attached hydrogens (tertiary/aromatic N) is 1. The van der Waals surface area contributed by atoms with Gasteiger partial charge >= 0.3 is 0 Å². The summed E-state index contributed by atoms with van der Waals surface area (Å²) < 4.78 is 33.2. The van der Waals surface area contributed by atoms with Crippen molar-refractivity contribution in [2.75, 3.05) is 20.2 Å². The Morgan fingerprint density at radius 3 is 2.46 bits per heavy atom. The maximum absolute atomic E-state index is 13.8. The summed E-state index contributed by atoms with van der Waals surface area (Å²) in [5.74, 6) is 0.257. The molecule has 2 aromatic rings. The number of halogens is 3. The molecule has 0 saturated heterocycles. The molecular formula is C19H22F2IN3O. The minimum absolute atomic E-state index is 0. The Balaban J connectivity index is 0.00000243. The molecule has 2 unspecified atom stereocenters. The van der Waals surface area contributed by atoms with Crippen LogP contribution in [-0.2, 0) is 0 Å². The van der Waals surface area contributed by atoms with E-state index >= 15 is 0 Å². The summed E-state index contributed by atoms with van der Waals surface area (Å²) in [5, 5.41) is 6.33. The average Bonchev–Trinajstić information content (AvgIpc) is 3.37. The third-order valence-corrected chi connectivity index (χ3v) is 4.11. The fourth-order valence-corrected chi connectivity index (χ4v) is 2.76. The Morgan fingerprint density at radius 1 is 1.12 bits per heavy atom. The van der Waals surface area contributed by atoms with Gasteiger partial charge in [0.1, 0.15) is 24.0 Å². The minimum Gasteiger partial charge on any atom is -0.492 e. The molecule has 140 valence electrons. The van der Waals surface area contributed by atoms with Gasteiger partial charge in [-0.25, -0.2) is 8.78 Å². The van der Waals surface area contributed by atoms with Crippen molar-refractivity contribution >= 4 is 29.9 Å². The molecule has 0 spiro atoms. The van der Waals surface area contributed by atoms with E-state index in [1.807, 2.05) is 30.3 Å². The molecule has 0 bridgehead atoms. The van der Waals surface area contributed by atoms with Crippen LogP contribution in [0.25, 0.3) is 0 Å². The van der Waals surface area contributed by atoms with Gasteiger partial charge in [-0.3, -0.25) is 4.99 Å². The Labute approximate surface area is 169 Å². The third kappa shape index (κ3) is 5.30. The molecule has 2 atom stereocenters. The molecule has 26 heavy (non-hydrogen) atoms. The van der Waals surface area contributed by atoms with Gasteiger partial charge in [0.25, 0.3) is 0 Å². The molecule has 0 amide bonds. The van der Waals surface area contributed by atoms with Crippen molar-refractivity contribution in [2.45, 2.75) is 18.4 Å². The lowest BCUT2D eigenvalue weighted by atomic mass is 10.1. The SMILES string of the molecule is CN=C(NCCOc1ccccc1)NC1CC1c1c(F)cccc1F.I. The Kier molecular flexibility index (Phi) is 7.62. The summed E-state index contributed by atoms with van der Waals surface area (Å²) in [7, 11) is 1.66. The predicted octanol–water partition coefficient (Wildman–Crippen LogP) is 3.68. The molecule has 3 rings (SSSR count). The normalized spacial score (nSPS) is 18.7. The van der Waals surface area contributed by atoms with Gasteiger partial charge < -0.3 is 15.4 Å². The number of aliphatic imine (C=N–C) groups is 1. The van der Waals surface area contributed by atoms with Crippen molar-refractivity contribution in [3.63, 3.8) is 0 Å². The van der Waals surface area contributed by atoms with E-state index in [4.69, 9.17) is 4.74 Å². The summed E-state index contributed by atoms with van der Waals surface area (Å²) in [4.78, 5) is 4.14. The first-order valence-electron chi connectivity index (χ1n) is 8.28. The lowest BCUT2D eigenvalue weighted by molar-refractivity contribution is 0.322. The fraction of sp³-hybridized carbons (Fsp3) is 0.316. The highest BCUT2D eigenvalue weighted by molar-refractivity contribution is 14.0. The highest BCUT2D eigenvalue weighted by Gasteiger charge is 2.42. The smallest absolute Gasteiger partial charge is 0.191 e. The molecular weight excluding hydrogens is 451 g/mol. The molecule has 0 aliphatic heterocycles. The number of guanidine groups is 1. The van der Waals surface area contributed by atoms with Crippen molar-refractivity contribution in [3.8, 4) is 5.75 Å². The Hall–Kier alpha value is -1.90. The maximum Gasteiger partial charge on any atom is 0.191 e. The molecule has 0 radical (unpaired) electrons. The zero-order valence-corrected chi connectivity index (χ0v) is 16.7. The summed E-state index contributed by atoms with van der Waals surface area (Å²) >= 11 is 0. The fourth-order valence-electron chi connectivity index (χ4n) is 2.76. The monoisotopic (exact) mass is 473 g/mol. The lowest BCUT2D eigenvalue weighted by Gasteiger charge is -2.13. The summed E-state index contributed by atoms with van der Waals surface area (Å²) in [6, 6.07) is 13.5. The summed E-state index contributed by atoms with van der Waals surface area (Å²) in [5.41, 5.74) is 0.155. The third-order valence-electron chi connectivity index (χ3n) is 4.11. The van der Waals surface area contributed by atoms with Gasteiger partial charge in [0.05, 0.1) is 6.54 Å². The lowest BCUT2D eigenvalue weighted by Crippen LogP contribution is -2.40. The number of hydrogen-bond donors (Lipinski definition) is 2. The second-order valence-corrected chi connectivity index (χ2v) is 5.89. The zero-order valence-electron chi connectivity index (χ0n) is 14.4. The standard InChI is InChI=1S/C19H21F2N3O.HI/c1-22-19(23-10-11-25-13-6-3-2-4-7-13)24-17-12-14(17)18-15(20)8-5-9-16(18)21;/h2-9,14,17H,10-12H2,1H3,(H2,22,23,24);1H. The second-order valence-electron chi connectivity index (χ2n) is 5.89. The van der Waals surface area contributed by atoms with E-state index in [0.29, 0.717) is 25.5 Å². The summed E-state index contributed by atoms with van der Waals surface area (Å²) in [6.07, 6.45) is 0.680. The van der Waals surface area contributed by atoms with E-state index in [2.05, 4.69) is 15.6 Å². The van der Waals surface area contributed by atoms with Crippen LogP contribution < -0.4 is 15.4 Å². The predicted molar refractivity (Wildman–Crippen MR) is 109 cm³/mol. The first kappa shape index (κ1) is 20.4. The number of para-hydroxylation sites is 1. The molecule has 0 aromatic heterocycles. The van der Waals surface area contributed by atoms with Gasteiger partial charge in [-0.15, -0.1) is 24.0 Å². The van der Waals surface area contributed by atoms with E-state index in [9.17, 15) is 8.78 Å². The summed E-state index contributed by atoms with van der Waals surface area (Å²) in [6.45, 7) is 1.06. The topological polar surface area (TPSA) is 45.7 Å². The Morgan fingerprint density at radius 2 is 1.81 bits per heavy atom. The molecule has 1 saturated carbocycles. The molecule has 2 N–H and O–H groups in total. The van der Waals surface area contributed by atoms with Gasteiger partial charge in [0.15, 0.2) is 5.96 Å². The van der Waals surface area contributed by atoms with Crippen LogP contribution in [0.5, 0.6) is 5.75 Å². The van der Waals surface area contributed by atoms with Crippen molar-refractivity contribution in [1.82, 2.24) is 10.6 Å². The first-order chi connectivity index (χ1) is 12.2. The van der Waals surface area contributed by atoms with Crippen LogP contribution >= 0.6 is 24.0 Å². The highest BCUT2D eigenvalue weighted by atomic mass is 127. The Bertz CT molecular complexity index is 723. The van der Waals surface area contributed by atoms with Crippen molar-refractivity contribution in [3.05, 3.63) is 65.7 Å². The minimum atomic E-state index is -0.492. The quantitative estimate of drug-likeness (QED) is 0.291. The van der Waals surface area contributed by atoms with Crippen LogP contribution in [0.4, 0.5) is 8.78 Å². The van der Waals surface area contributed by atoms with Gasteiger partial charge in [-0.1, -0.05) is 24.3 Å². The van der Waals surface area contributed by atoms with Crippen molar-refractivity contribution < 1.29 is 13.5 Å². The number of nitrogens with one attached hydrogen (secondary N) is 2. The largest absolute Gasteiger partial charge is 0.492 e. The number of ether oxygens (including phenoxy) is 1. The van der Waals surface area contributed by atoms with E-state index in [-0.39, 0.29) is 41.5 Å². The van der Waals surface area contributed by atoms with Crippen LogP contribution in [0.15, 0.2) is 53.5 Å². The van der Waals surface area contributed by atoms with Crippen LogP contribution in [0, 0.1) is 11.6 Å². The van der Waals surface area contributed by atoms with E-state index in [1.54, 1.807) is 7.05 Å². The average molecular weight is 473 g/mol. The van der Waals surface area contributed by atoms with Crippen LogP contribution in [0.1, 0.15) is 17.9 Å². The number of benzene rings is 2. The van der Waals surface area contributed by atoms with Crippen molar-refractivity contribution in [2.24, 2.45) is 4.99 Å². The second kappa shape index (κ2) is 9.70. The van der Waals surface area contributed by atoms with E-state index < -0.39 is 11.6 Å². The molecule has 7 heteroatoms. The number of hydrogen-bond acceptors (Lipinski definition) is 2. The van der Waals surface area contributed by atoms with Gasteiger partial charge in [-0.05, 0) is 30.7 Å². The molecule has 4 nitrogen and oxygen atoms in total. The van der Waals surface area contributed by atoms with Gasteiger partial charge in [0, 0.05) is 24.6 Å². The van der Waals surface area contributed by atoms with E-state index in [1.165, 1.54) is 18.2 Å².